The first-order valence-corrected chi connectivity index (χ1v) is 6.59. The van der Waals surface area contributed by atoms with E-state index in [4.69, 9.17) is 0 Å². The number of carbonyl (C=O) groups is 2. The molecule has 17 heavy (non-hydrogen) atoms. The quantitative estimate of drug-likeness (QED) is 0.638. The molecule has 0 aromatic carbocycles. The van der Waals surface area contributed by atoms with E-state index >= 15 is 0 Å². The fourth-order valence-electron chi connectivity index (χ4n) is 1.60. The van der Waals surface area contributed by atoms with Crippen molar-refractivity contribution in [3.05, 3.63) is 0 Å². The fourth-order valence-corrected chi connectivity index (χ4v) is 1.60. The zero-order valence-corrected chi connectivity index (χ0v) is 11.5. The minimum Gasteiger partial charge on any atom is -0.355 e. The van der Waals surface area contributed by atoms with Crippen LogP contribution in [-0.4, -0.2) is 24.4 Å². The van der Waals surface area contributed by atoms with Crippen LogP contribution in [0.5, 0.6) is 0 Å². The molecule has 0 spiro atoms. The minimum atomic E-state index is -0.413. The van der Waals surface area contributed by atoms with Crippen LogP contribution in [-0.2, 0) is 9.59 Å². The highest BCUT2D eigenvalue weighted by atomic mass is 16.2. The van der Waals surface area contributed by atoms with E-state index in [1.165, 1.54) is 0 Å². The lowest BCUT2D eigenvalue weighted by atomic mass is 10.0. The van der Waals surface area contributed by atoms with Gasteiger partial charge in [-0.2, -0.15) is 0 Å². The molecule has 0 saturated carbocycles. The fraction of sp³-hybridized carbons (Fsp3) is 0.846. The molecule has 0 fully saturated rings. The lowest BCUT2D eigenvalue weighted by molar-refractivity contribution is -0.130. The van der Waals surface area contributed by atoms with E-state index in [0.717, 1.165) is 19.3 Å². The predicted molar refractivity (Wildman–Crippen MR) is 69.6 cm³/mol. The van der Waals surface area contributed by atoms with Crippen molar-refractivity contribution in [3.8, 4) is 0 Å². The number of amides is 2. The van der Waals surface area contributed by atoms with E-state index < -0.39 is 6.04 Å². The van der Waals surface area contributed by atoms with Crippen LogP contribution in [0.2, 0.25) is 0 Å². The maximum absolute atomic E-state index is 11.7. The van der Waals surface area contributed by atoms with Gasteiger partial charge in [0.15, 0.2) is 0 Å². The van der Waals surface area contributed by atoms with Crippen LogP contribution in [0, 0.1) is 5.92 Å². The first-order valence-electron chi connectivity index (χ1n) is 6.59. The molecule has 0 heterocycles. The van der Waals surface area contributed by atoms with Crippen molar-refractivity contribution < 1.29 is 9.59 Å². The predicted octanol–water partition coefficient (Wildman–Crippen LogP) is 1.84. The first kappa shape index (κ1) is 15.9. The van der Waals surface area contributed by atoms with Crippen LogP contribution in [0.3, 0.4) is 0 Å². The molecular weight excluding hydrogens is 216 g/mol. The average molecular weight is 242 g/mol. The van der Waals surface area contributed by atoms with Gasteiger partial charge in [0.2, 0.25) is 11.8 Å². The van der Waals surface area contributed by atoms with E-state index in [1.54, 1.807) is 0 Å². The molecule has 1 atom stereocenters. The zero-order valence-electron chi connectivity index (χ0n) is 11.5. The van der Waals surface area contributed by atoms with Crippen LogP contribution in [0.4, 0.5) is 0 Å². The summed E-state index contributed by atoms with van der Waals surface area (Å²) < 4.78 is 0. The number of nitrogens with one attached hydrogen (secondary N) is 2. The normalized spacial score (nSPS) is 12.3. The Morgan fingerprint density at radius 3 is 2.24 bits per heavy atom. The Hall–Kier alpha value is -1.06. The van der Waals surface area contributed by atoms with E-state index in [2.05, 4.69) is 17.6 Å². The van der Waals surface area contributed by atoms with Crippen LogP contribution >= 0.6 is 0 Å². The molecule has 0 aliphatic carbocycles. The Balaban J connectivity index is 4.15. The Bertz CT molecular complexity index is 240. The summed E-state index contributed by atoms with van der Waals surface area (Å²) in [6.45, 7) is 8.44. The van der Waals surface area contributed by atoms with E-state index in [0.29, 0.717) is 13.0 Å². The number of unbranched alkanes of at least 4 members (excludes halogenated alkanes) is 2. The van der Waals surface area contributed by atoms with Gasteiger partial charge in [-0.1, -0.05) is 33.6 Å². The van der Waals surface area contributed by atoms with E-state index in [9.17, 15) is 9.59 Å². The van der Waals surface area contributed by atoms with Gasteiger partial charge in [0, 0.05) is 13.0 Å². The molecule has 0 aromatic rings. The highest BCUT2D eigenvalue weighted by molar-refractivity contribution is 5.87. The third kappa shape index (κ3) is 6.97. The van der Waals surface area contributed by atoms with Crippen LogP contribution in [0.1, 0.15) is 53.4 Å². The zero-order chi connectivity index (χ0) is 13.3. The summed E-state index contributed by atoms with van der Waals surface area (Å²) in [5.41, 5.74) is 0. The van der Waals surface area contributed by atoms with Gasteiger partial charge in [0.05, 0.1) is 0 Å². The van der Waals surface area contributed by atoms with Crippen LogP contribution in [0.15, 0.2) is 0 Å². The number of rotatable bonds is 8. The second-order valence-corrected chi connectivity index (χ2v) is 4.64. The molecule has 4 nitrogen and oxygen atoms in total. The van der Waals surface area contributed by atoms with E-state index in [1.807, 2.05) is 20.8 Å². The lowest BCUT2D eigenvalue weighted by Gasteiger charge is -2.21. The van der Waals surface area contributed by atoms with Gasteiger partial charge in [-0.15, -0.1) is 0 Å². The molecule has 1 unspecified atom stereocenters. The standard InChI is InChI=1S/C13H26N2O2/c1-5-7-8-9-11(16)15-12(10(3)4)13(17)14-6-2/h10,12H,5-9H2,1-4H3,(H,14,17)(H,15,16). The van der Waals surface area contributed by atoms with Gasteiger partial charge >= 0.3 is 0 Å². The highest BCUT2D eigenvalue weighted by Crippen LogP contribution is 2.04. The highest BCUT2D eigenvalue weighted by Gasteiger charge is 2.22. The molecular formula is C13H26N2O2. The van der Waals surface area contributed by atoms with Crippen molar-refractivity contribution in [3.63, 3.8) is 0 Å². The second kappa shape index (κ2) is 9.02. The Morgan fingerprint density at radius 1 is 1.12 bits per heavy atom. The topological polar surface area (TPSA) is 58.2 Å². The molecule has 0 saturated heterocycles. The third-order valence-electron chi connectivity index (χ3n) is 2.62. The maximum atomic E-state index is 11.7. The smallest absolute Gasteiger partial charge is 0.242 e. The van der Waals surface area contributed by atoms with Gasteiger partial charge in [0.1, 0.15) is 6.04 Å². The Labute approximate surface area is 105 Å². The monoisotopic (exact) mass is 242 g/mol. The van der Waals surface area contributed by atoms with Gasteiger partial charge in [-0.05, 0) is 19.3 Å². The van der Waals surface area contributed by atoms with Crippen LogP contribution < -0.4 is 10.6 Å². The van der Waals surface area contributed by atoms with Crippen LogP contribution in [0.25, 0.3) is 0 Å². The molecule has 0 aliphatic heterocycles. The average Bonchev–Trinajstić information content (AvgIpc) is 2.26. The molecule has 0 aliphatic rings. The summed E-state index contributed by atoms with van der Waals surface area (Å²) in [7, 11) is 0. The largest absolute Gasteiger partial charge is 0.355 e. The lowest BCUT2D eigenvalue weighted by Crippen LogP contribution is -2.49. The molecule has 100 valence electrons. The second-order valence-electron chi connectivity index (χ2n) is 4.64. The van der Waals surface area contributed by atoms with Crippen molar-refractivity contribution in [2.45, 2.75) is 59.4 Å². The number of carbonyl (C=O) groups excluding carboxylic acids is 2. The molecule has 4 heteroatoms. The van der Waals surface area contributed by atoms with Crippen molar-refractivity contribution in [2.75, 3.05) is 6.54 Å². The van der Waals surface area contributed by atoms with Crippen molar-refractivity contribution in [2.24, 2.45) is 5.92 Å². The molecule has 2 amide bonds. The van der Waals surface area contributed by atoms with Crippen molar-refractivity contribution in [1.82, 2.24) is 10.6 Å². The number of likely N-dealkylation sites (N-methyl/N-ethyl adjacent to an activating group) is 1. The summed E-state index contributed by atoms with van der Waals surface area (Å²) in [6.07, 6.45) is 3.55. The SMILES string of the molecule is CCCCCC(=O)NC(C(=O)NCC)C(C)C. The summed E-state index contributed by atoms with van der Waals surface area (Å²) >= 11 is 0. The van der Waals surface area contributed by atoms with E-state index in [-0.39, 0.29) is 17.7 Å². The summed E-state index contributed by atoms with van der Waals surface area (Å²) in [5, 5.41) is 5.55. The summed E-state index contributed by atoms with van der Waals surface area (Å²) in [4.78, 5) is 23.4. The Kier molecular flexibility index (Phi) is 8.46. The number of hydrogen-bond acceptors (Lipinski definition) is 2. The molecule has 0 bridgehead atoms. The van der Waals surface area contributed by atoms with Gasteiger partial charge < -0.3 is 10.6 Å². The van der Waals surface area contributed by atoms with Crippen molar-refractivity contribution in [1.29, 1.82) is 0 Å². The van der Waals surface area contributed by atoms with Gasteiger partial charge in [-0.25, -0.2) is 0 Å². The maximum Gasteiger partial charge on any atom is 0.242 e. The third-order valence-corrected chi connectivity index (χ3v) is 2.62. The Morgan fingerprint density at radius 2 is 1.76 bits per heavy atom. The summed E-state index contributed by atoms with van der Waals surface area (Å²) in [6, 6.07) is -0.413. The molecule has 2 N–H and O–H groups in total. The first-order chi connectivity index (χ1) is 8.02. The molecule has 0 rings (SSSR count). The van der Waals surface area contributed by atoms with Crippen molar-refractivity contribution >= 4 is 11.8 Å². The molecule has 0 radical (unpaired) electrons. The molecule has 0 aromatic heterocycles. The van der Waals surface area contributed by atoms with Gasteiger partial charge in [-0.3, -0.25) is 9.59 Å². The summed E-state index contributed by atoms with van der Waals surface area (Å²) in [5.74, 6) is -0.00794. The minimum absolute atomic E-state index is 0.0246. The van der Waals surface area contributed by atoms with Gasteiger partial charge in [0.25, 0.3) is 0 Å². The number of hydrogen-bond donors (Lipinski definition) is 2.